The maximum atomic E-state index is 12.2. The SMILES string of the molecule is CCC(C(=O)O)[S+]([O-])CCSc1cc(C(C)(C)C)c(O)c(C(C)(C)C)c1. The van der Waals surface area contributed by atoms with E-state index in [1.165, 1.54) is 0 Å². The third-order valence-electron chi connectivity index (χ3n) is 4.22. The lowest BCUT2D eigenvalue weighted by Crippen LogP contribution is -2.32. The van der Waals surface area contributed by atoms with E-state index in [9.17, 15) is 14.5 Å². The molecule has 1 rings (SSSR count). The van der Waals surface area contributed by atoms with Crippen LogP contribution >= 0.6 is 11.8 Å². The summed E-state index contributed by atoms with van der Waals surface area (Å²) in [5.41, 5.74) is 1.40. The Labute approximate surface area is 165 Å². The molecule has 2 N–H and O–H groups in total. The number of carbonyl (C=O) groups is 1. The Morgan fingerprint density at radius 1 is 1.15 bits per heavy atom. The van der Waals surface area contributed by atoms with Crippen LogP contribution in [0.3, 0.4) is 0 Å². The first-order valence-electron chi connectivity index (χ1n) is 8.89. The standard InChI is InChI=1S/C20H32O4S2/c1-8-16(18(22)23)26(24)10-9-25-13-11-14(19(2,3)4)17(21)15(12-13)20(5,6)7/h11-12,16,21H,8-10H2,1-7H3,(H,22,23). The molecule has 0 amide bonds. The molecule has 0 aliphatic carbocycles. The van der Waals surface area contributed by atoms with Crippen LogP contribution in [0, 0.1) is 0 Å². The summed E-state index contributed by atoms with van der Waals surface area (Å²) in [5.74, 6) is 0.265. The molecule has 0 bridgehead atoms. The molecule has 1 aromatic rings. The lowest BCUT2D eigenvalue weighted by atomic mass is 9.79. The van der Waals surface area contributed by atoms with Crippen LogP contribution in [0.5, 0.6) is 5.75 Å². The minimum absolute atomic E-state index is 0.194. The lowest BCUT2D eigenvalue weighted by molar-refractivity contribution is -0.136. The molecular formula is C20H32O4S2. The first-order valence-corrected chi connectivity index (χ1v) is 11.3. The minimum Gasteiger partial charge on any atom is -0.616 e. The predicted molar refractivity (Wildman–Crippen MR) is 111 cm³/mol. The Hall–Kier alpha value is -0.850. The van der Waals surface area contributed by atoms with Crippen molar-refractivity contribution in [1.82, 2.24) is 0 Å². The number of hydrogen-bond acceptors (Lipinski definition) is 4. The zero-order valence-electron chi connectivity index (χ0n) is 16.9. The third kappa shape index (κ3) is 6.10. The van der Waals surface area contributed by atoms with Gasteiger partial charge in [-0.05, 0) is 34.1 Å². The summed E-state index contributed by atoms with van der Waals surface area (Å²) in [4.78, 5) is 12.1. The molecule has 0 radical (unpaired) electrons. The van der Waals surface area contributed by atoms with Gasteiger partial charge in [-0.3, -0.25) is 0 Å². The topological polar surface area (TPSA) is 80.6 Å². The van der Waals surface area contributed by atoms with E-state index in [0.29, 0.717) is 23.7 Å². The van der Waals surface area contributed by atoms with Gasteiger partial charge >= 0.3 is 5.97 Å². The fourth-order valence-electron chi connectivity index (χ4n) is 2.69. The molecule has 2 atom stereocenters. The Balaban J connectivity index is 3.02. The van der Waals surface area contributed by atoms with E-state index in [-0.39, 0.29) is 10.8 Å². The molecule has 148 valence electrons. The van der Waals surface area contributed by atoms with Crippen molar-refractivity contribution in [3.8, 4) is 5.75 Å². The highest BCUT2D eigenvalue weighted by Crippen LogP contribution is 2.41. The Bertz CT molecular complexity index is 595. The average molecular weight is 401 g/mol. The van der Waals surface area contributed by atoms with Crippen molar-refractivity contribution in [2.45, 2.75) is 75.9 Å². The fourth-order valence-corrected chi connectivity index (χ4v) is 5.20. The molecule has 0 saturated heterocycles. The number of rotatable bonds is 7. The van der Waals surface area contributed by atoms with Crippen LogP contribution in [0.2, 0.25) is 0 Å². The summed E-state index contributed by atoms with van der Waals surface area (Å²) in [6, 6.07) is 3.99. The van der Waals surface area contributed by atoms with Crippen molar-refractivity contribution in [1.29, 1.82) is 0 Å². The molecule has 0 aliphatic heterocycles. The van der Waals surface area contributed by atoms with E-state index in [0.717, 1.165) is 16.0 Å². The van der Waals surface area contributed by atoms with E-state index in [4.69, 9.17) is 5.11 Å². The summed E-state index contributed by atoms with van der Waals surface area (Å²) in [7, 11) is 0. The maximum absolute atomic E-state index is 12.2. The van der Waals surface area contributed by atoms with Crippen molar-refractivity contribution < 1.29 is 19.6 Å². The highest BCUT2D eigenvalue weighted by Gasteiger charge is 2.29. The summed E-state index contributed by atoms with van der Waals surface area (Å²) in [5, 5.41) is 19.1. The van der Waals surface area contributed by atoms with Gasteiger partial charge in [0.1, 0.15) is 11.5 Å². The Kier molecular flexibility index (Phi) is 7.93. The van der Waals surface area contributed by atoms with Crippen LogP contribution in [0.15, 0.2) is 17.0 Å². The van der Waals surface area contributed by atoms with E-state index >= 15 is 0 Å². The van der Waals surface area contributed by atoms with E-state index < -0.39 is 22.4 Å². The lowest BCUT2D eigenvalue weighted by Gasteiger charge is -2.28. The minimum atomic E-state index is -1.38. The van der Waals surface area contributed by atoms with Crippen LogP contribution in [-0.4, -0.2) is 37.5 Å². The van der Waals surface area contributed by atoms with Gasteiger partial charge in [0.2, 0.25) is 5.25 Å². The van der Waals surface area contributed by atoms with Crippen LogP contribution in [0.4, 0.5) is 0 Å². The fraction of sp³-hybridized carbons (Fsp3) is 0.650. The molecule has 2 unspecified atom stereocenters. The molecule has 0 fully saturated rings. The number of hydrogen-bond donors (Lipinski definition) is 2. The van der Waals surface area contributed by atoms with Gasteiger partial charge in [-0.15, -0.1) is 11.8 Å². The van der Waals surface area contributed by atoms with E-state index in [1.54, 1.807) is 18.7 Å². The number of aliphatic carboxylic acids is 1. The smallest absolute Gasteiger partial charge is 0.357 e. The first kappa shape index (κ1) is 23.2. The monoisotopic (exact) mass is 400 g/mol. The number of phenols is 1. The maximum Gasteiger partial charge on any atom is 0.357 e. The molecule has 0 heterocycles. The van der Waals surface area contributed by atoms with Crippen molar-refractivity contribution in [2.75, 3.05) is 11.5 Å². The molecule has 0 spiro atoms. The number of benzene rings is 1. The summed E-state index contributed by atoms with van der Waals surface area (Å²) in [6.45, 7) is 14.1. The summed E-state index contributed by atoms with van der Waals surface area (Å²) in [6.07, 6.45) is 0.369. The van der Waals surface area contributed by atoms with Gasteiger partial charge in [-0.25, -0.2) is 4.79 Å². The van der Waals surface area contributed by atoms with Crippen molar-refractivity contribution in [3.63, 3.8) is 0 Å². The third-order valence-corrected chi connectivity index (χ3v) is 7.23. The van der Waals surface area contributed by atoms with Gasteiger partial charge in [-0.2, -0.15) is 0 Å². The van der Waals surface area contributed by atoms with E-state index in [1.807, 2.05) is 12.1 Å². The summed E-state index contributed by atoms with van der Waals surface area (Å²) >= 11 is 0.180. The predicted octanol–water partition coefficient (Wildman–Crippen LogP) is 4.69. The average Bonchev–Trinajstić information content (AvgIpc) is 2.46. The molecular weight excluding hydrogens is 368 g/mol. The molecule has 6 heteroatoms. The van der Waals surface area contributed by atoms with Gasteiger partial charge in [0.05, 0.1) is 0 Å². The van der Waals surface area contributed by atoms with Gasteiger partial charge in [0, 0.05) is 28.2 Å². The number of aromatic hydroxyl groups is 1. The first-order chi connectivity index (χ1) is 11.8. The number of carboxylic acids is 1. The Morgan fingerprint density at radius 3 is 1.96 bits per heavy atom. The number of carboxylic acid groups (broad SMARTS) is 1. The molecule has 0 saturated carbocycles. The van der Waals surface area contributed by atoms with Crippen molar-refractivity contribution in [2.24, 2.45) is 0 Å². The van der Waals surface area contributed by atoms with Crippen LogP contribution in [0.25, 0.3) is 0 Å². The second-order valence-electron chi connectivity index (χ2n) is 8.54. The normalized spacial score (nSPS) is 14.9. The van der Waals surface area contributed by atoms with Crippen LogP contribution in [-0.2, 0) is 26.8 Å². The second-order valence-corrected chi connectivity index (χ2v) is 11.4. The molecule has 26 heavy (non-hydrogen) atoms. The van der Waals surface area contributed by atoms with Crippen LogP contribution < -0.4 is 0 Å². The molecule has 0 aliphatic rings. The van der Waals surface area contributed by atoms with Crippen molar-refractivity contribution in [3.05, 3.63) is 23.3 Å². The molecule has 0 aromatic heterocycles. The Morgan fingerprint density at radius 2 is 1.62 bits per heavy atom. The van der Waals surface area contributed by atoms with Crippen molar-refractivity contribution >= 4 is 28.9 Å². The zero-order valence-corrected chi connectivity index (χ0v) is 18.5. The summed E-state index contributed by atoms with van der Waals surface area (Å²) < 4.78 is 12.2. The second kappa shape index (κ2) is 8.89. The molecule has 1 aromatic carbocycles. The van der Waals surface area contributed by atoms with Crippen LogP contribution in [0.1, 0.15) is 66.0 Å². The number of thioether (sulfide) groups is 1. The highest BCUT2D eigenvalue weighted by molar-refractivity contribution is 8.01. The quantitative estimate of drug-likeness (QED) is 0.512. The van der Waals surface area contributed by atoms with Gasteiger partial charge in [0.15, 0.2) is 0 Å². The molecule has 4 nitrogen and oxygen atoms in total. The highest BCUT2D eigenvalue weighted by atomic mass is 32.2. The van der Waals surface area contributed by atoms with Gasteiger partial charge < -0.3 is 14.8 Å². The van der Waals surface area contributed by atoms with Gasteiger partial charge in [-0.1, -0.05) is 48.5 Å². The zero-order chi connectivity index (χ0) is 20.3. The largest absolute Gasteiger partial charge is 0.616 e. The van der Waals surface area contributed by atoms with E-state index in [2.05, 4.69) is 41.5 Å². The van der Waals surface area contributed by atoms with Gasteiger partial charge in [0.25, 0.3) is 0 Å². The number of phenolic OH excluding ortho intramolecular Hbond substituents is 1.